The summed E-state index contributed by atoms with van der Waals surface area (Å²) in [7, 11) is 0. The number of epoxide rings is 1. The minimum atomic E-state index is 0.0499. The molecule has 2 aliphatic heterocycles. The lowest BCUT2D eigenvalue weighted by Crippen LogP contribution is -2.41. The molecule has 0 aromatic rings. The van der Waals surface area contributed by atoms with Gasteiger partial charge in [0.1, 0.15) is 11.7 Å². The van der Waals surface area contributed by atoms with Gasteiger partial charge in [0, 0.05) is 19.6 Å². The summed E-state index contributed by atoms with van der Waals surface area (Å²) in [5.41, 5.74) is 0.0499. The monoisotopic (exact) mass is 158 g/mol. The molecule has 11 heavy (non-hydrogen) atoms. The molecule has 0 amide bonds. The fourth-order valence-corrected chi connectivity index (χ4v) is 1.57. The van der Waals surface area contributed by atoms with Gasteiger partial charge in [0.15, 0.2) is 0 Å². The fraction of sp³-hybridized carbons (Fsp3) is 1.00. The lowest BCUT2D eigenvalue weighted by molar-refractivity contribution is -0.0910. The third-order valence-corrected chi connectivity index (χ3v) is 2.41. The first kappa shape index (κ1) is 7.53. The van der Waals surface area contributed by atoms with Crippen LogP contribution >= 0.6 is 0 Å². The van der Waals surface area contributed by atoms with E-state index in [4.69, 9.17) is 14.2 Å². The van der Waals surface area contributed by atoms with Crippen molar-refractivity contribution in [1.82, 2.24) is 0 Å². The summed E-state index contributed by atoms with van der Waals surface area (Å²) in [6.45, 7) is 5.14. The lowest BCUT2D eigenvalue weighted by Gasteiger charge is -2.28. The van der Waals surface area contributed by atoms with Gasteiger partial charge in [-0.15, -0.1) is 0 Å². The van der Waals surface area contributed by atoms with Crippen molar-refractivity contribution in [3.05, 3.63) is 0 Å². The quantitative estimate of drug-likeness (QED) is 0.551. The fourth-order valence-electron chi connectivity index (χ4n) is 1.57. The normalized spacial score (nSPS) is 42.8. The SMILES string of the molecule is CCOC1COCCC12CO2. The third-order valence-electron chi connectivity index (χ3n) is 2.41. The minimum Gasteiger partial charge on any atom is -0.379 e. The van der Waals surface area contributed by atoms with Gasteiger partial charge >= 0.3 is 0 Å². The first-order chi connectivity index (χ1) is 5.37. The highest BCUT2D eigenvalue weighted by molar-refractivity contribution is 5.01. The van der Waals surface area contributed by atoms with Gasteiger partial charge in [-0.3, -0.25) is 0 Å². The average molecular weight is 158 g/mol. The van der Waals surface area contributed by atoms with E-state index >= 15 is 0 Å². The van der Waals surface area contributed by atoms with E-state index in [0.29, 0.717) is 6.61 Å². The van der Waals surface area contributed by atoms with E-state index < -0.39 is 0 Å². The Hall–Kier alpha value is -0.120. The highest BCUT2D eigenvalue weighted by atomic mass is 16.6. The van der Waals surface area contributed by atoms with E-state index in [1.807, 2.05) is 6.92 Å². The molecule has 0 aliphatic carbocycles. The van der Waals surface area contributed by atoms with Crippen molar-refractivity contribution in [2.45, 2.75) is 25.0 Å². The number of ether oxygens (including phenoxy) is 3. The largest absolute Gasteiger partial charge is 0.379 e. The Morgan fingerprint density at radius 1 is 1.64 bits per heavy atom. The van der Waals surface area contributed by atoms with Crippen LogP contribution in [-0.2, 0) is 14.2 Å². The highest BCUT2D eigenvalue weighted by Gasteiger charge is 2.53. The summed E-state index contributed by atoms with van der Waals surface area (Å²) in [6.07, 6.45) is 1.18. The molecular weight excluding hydrogens is 144 g/mol. The molecule has 0 aromatic heterocycles. The second-order valence-corrected chi connectivity index (χ2v) is 3.12. The molecule has 2 fully saturated rings. The predicted octanol–water partition coefficient (Wildman–Crippen LogP) is 0.581. The molecule has 1 spiro atoms. The van der Waals surface area contributed by atoms with Gasteiger partial charge < -0.3 is 14.2 Å². The Kier molecular flexibility index (Phi) is 1.87. The summed E-state index contributed by atoms with van der Waals surface area (Å²) in [4.78, 5) is 0. The van der Waals surface area contributed by atoms with Crippen LogP contribution in [0.4, 0.5) is 0 Å². The summed E-state index contributed by atoms with van der Waals surface area (Å²) in [5.74, 6) is 0. The second kappa shape index (κ2) is 2.73. The average Bonchev–Trinajstić information content (AvgIpc) is 2.77. The van der Waals surface area contributed by atoms with Crippen molar-refractivity contribution in [3.63, 3.8) is 0 Å². The van der Waals surface area contributed by atoms with Crippen molar-refractivity contribution in [1.29, 1.82) is 0 Å². The van der Waals surface area contributed by atoms with Gasteiger partial charge in [-0.05, 0) is 6.92 Å². The molecule has 0 radical (unpaired) electrons. The van der Waals surface area contributed by atoms with Gasteiger partial charge in [0.25, 0.3) is 0 Å². The molecule has 2 unspecified atom stereocenters. The summed E-state index contributed by atoms with van der Waals surface area (Å²) < 4.78 is 16.2. The maximum absolute atomic E-state index is 5.51. The van der Waals surface area contributed by atoms with Crippen molar-refractivity contribution in [3.8, 4) is 0 Å². The molecule has 64 valence electrons. The van der Waals surface area contributed by atoms with Crippen LogP contribution in [0.5, 0.6) is 0 Å². The van der Waals surface area contributed by atoms with Crippen LogP contribution in [0.25, 0.3) is 0 Å². The summed E-state index contributed by atoms with van der Waals surface area (Å²) in [6, 6.07) is 0. The molecule has 2 heterocycles. The van der Waals surface area contributed by atoms with Gasteiger partial charge in [0.2, 0.25) is 0 Å². The molecule has 3 nitrogen and oxygen atoms in total. The zero-order valence-electron chi connectivity index (χ0n) is 6.84. The van der Waals surface area contributed by atoms with Crippen LogP contribution in [-0.4, -0.2) is 38.1 Å². The molecule has 2 aliphatic rings. The van der Waals surface area contributed by atoms with E-state index in [-0.39, 0.29) is 11.7 Å². The van der Waals surface area contributed by atoms with E-state index in [1.165, 1.54) is 0 Å². The van der Waals surface area contributed by atoms with E-state index in [9.17, 15) is 0 Å². The number of hydrogen-bond donors (Lipinski definition) is 0. The van der Waals surface area contributed by atoms with E-state index in [2.05, 4.69) is 0 Å². The predicted molar refractivity (Wildman–Crippen MR) is 39.5 cm³/mol. The molecule has 2 atom stereocenters. The third kappa shape index (κ3) is 1.28. The molecule has 2 saturated heterocycles. The topological polar surface area (TPSA) is 31.0 Å². The maximum Gasteiger partial charge on any atom is 0.122 e. The van der Waals surface area contributed by atoms with Crippen LogP contribution < -0.4 is 0 Å². The number of rotatable bonds is 2. The standard InChI is InChI=1S/C8H14O3/c1-2-10-7-5-9-4-3-8(7)6-11-8/h7H,2-6H2,1H3. The Bertz CT molecular complexity index is 140. The Labute approximate surface area is 66.6 Å². The summed E-state index contributed by atoms with van der Waals surface area (Å²) >= 11 is 0. The van der Waals surface area contributed by atoms with E-state index in [0.717, 1.165) is 26.2 Å². The summed E-state index contributed by atoms with van der Waals surface area (Å²) in [5, 5.41) is 0. The van der Waals surface area contributed by atoms with Crippen LogP contribution in [0.2, 0.25) is 0 Å². The Morgan fingerprint density at radius 2 is 2.45 bits per heavy atom. The van der Waals surface area contributed by atoms with Gasteiger partial charge in [0.05, 0.1) is 13.2 Å². The van der Waals surface area contributed by atoms with Crippen LogP contribution in [0.1, 0.15) is 13.3 Å². The van der Waals surface area contributed by atoms with Crippen LogP contribution in [0.15, 0.2) is 0 Å². The highest BCUT2D eigenvalue weighted by Crippen LogP contribution is 2.38. The van der Waals surface area contributed by atoms with Crippen molar-refractivity contribution in [2.24, 2.45) is 0 Å². The van der Waals surface area contributed by atoms with Crippen molar-refractivity contribution in [2.75, 3.05) is 26.4 Å². The maximum atomic E-state index is 5.51. The molecule has 0 bridgehead atoms. The first-order valence-corrected chi connectivity index (χ1v) is 4.21. The first-order valence-electron chi connectivity index (χ1n) is 4.21. The van der Waals surface area contributed by atoms with Crippen LogP contribution in [0.3, 0.4) is 0 Å². The van der Waals surface area contributed by atoms with Crippen molar-refractivity contribution >= 4 is 0 Å². The van der Waals surface area contributed by atoms with Gasteiger partial charge in [-0.25, -0.2) is 0 Å². The molecule has 0 N–H and O–H groups in total. The Balaban J connectivity index is 1.93. The molecular formula is C8H14O3. The lowest BCUT2D eigenvalue weighted by atomic mass is 9.98. The van der Waals surface area contributed by atoms with Gasteiger partial charge in [-0.2, -0.15) is 0 Å². The Morgan fingerprint density at radius 3 is 3.09 bits per heavy atom. The molecule has 3 heteroatoms. The zero-order valence-corrected chi connectivity index (χ0v) is 6.84. The molecule has 0 saturated carbocycles. The van der Waals surface area contributed by atoms with Crippen LogP contribution in [0, 0.1) is 0 Å². The number of hydrogen-bond acceptors (Lipinski definition) is 3. The van der Waals surface area contributed by atoms with Gasteiger partial charge in [-0.1, -0.05) is 0 Å². The zero-order chi connectivity index (χ0) is 7.73. The smallest absolute Gasteiger partial charge is 0.122 e. The van der Waals surface area contributed by atoms with E-state index in [1.54, 1.807) is 0 Å². The second-order valence-electron chi connectivity index (χ2n) is 3.12. The molecule has 0 aromatic carbocycles. The minimum absolute atomic E-state index is 0.0499. The van der Waals surface area contributed by atoms with Crippen molar-refractivity contribution < 1.29 is 14.2 Å². The molecule has 2 rings (SSSR count).